The van der Waals surface area contributed by atoms with Crippen molar-refractivity contribution < 1.29 is 14.3 Å². The van der Waals surface area contributed by atoms with E-state index >= 15 is 0 Å². The van der Waals surface area contributed by atoms with E-state index in [2.05, 4.69) is 23.7 Å². The van der Waals surface area contributed by atoms with Crippen LogP contribution in [0.1, 0.15) is 42.0 Å². The zero-order valence-electron chi connectivity index (χ0n) is 18.1. The fourth-order valence-electron chi connectivity index (χ4n) is 3.71. The third-order valence-corrected chi connectivity index (χ3v) is 5.44. The second kappa shape index (κ2) is 10.4. The molecule has 1 aliphatic heterocycles. The second-order valence-corrected chi connectivity index (χ2v) is 8.01. The minimum absolute atomic E-state index is 0.142. The predicted molar refractivity (Wildman–Crippen MR) is 115 cm³/mol. The summed E-state index contributed by atoms with van der Waals surface area (Å²) in [6.45, 7) is 7.88. The molecule has 0 spiro atoms. The van der Waals surface area contributed by atoms with Crippen LogP contribution in [-0.2, 0) is 24.1 Å². The number of nitrogens with zero attached hydrogens (tertiary/aromatic N) is 3. The van der Waals surface area contributed by atoms with E-state index in [9.17, 15) is 9.59 Å². The molecular weight excluding hydrogens is 382 g/mol. The van der Waals surface area contributed by atoms with E-state index in [1.807, 2.05) is 18.2 Å². The van der Waals surface area contributed by atoms with Crippen molar-refractivity contribution in [3.8, 4) is 5.75 Å². The molecule has 0 unspecified atom stereocenters. The summed E-state index contributed by atoms with van der Waals surface area (Å²) < 4.78 is 12.6. The number of ether oxygens (including phenoxy) is 2. The summed E-state index contributed by atoms with van der Waals surface area (Å²) in [5, 5.41) is 0. The molecule has 0 saturated carbocycles. The highest BCUT2D eigenvalue weighted by Gasteiger charge is 2.26. The van der Waals surface area contributed by atoms with Gasteiger partial charge in [0.1, 0.15) is 11.3 Å². The van der Waals surface area contributed by atoms with Crippen LogP contribution >= 0.6 is 0 Å². The van der Waals surface area contributed by atoms with Crippen molar-refractivity contribution in [2.45, 2.75) is 39.7 Å². The van der Waals surface area contributed by atoms with Gasteiger partial charge in [0.05, 0.1) is 13.7 Å². The molecule has 3 rings (SSSR count). The lowest BCUT2D eigenvalue weighted by Crippen LogP contribution is -2.30. The Morgan fingerprint density at radius 3 is 2.77 bits per heavy atom. The van der Waals surface area contributed by atoms with Gasteiger partial charge in [0.2, 0.25) is 0 Å². The SMILES string of the molecule is COC(=O)c1c(OCCc2ccccn2)cc(=O)n2c1CCN(CCC(C)C)CC2. The molecule has 0 saturated heterocycles. The number of esters is 1. The van der Waals surface area contributed by atoms with Gasteiger partial charge in [-0.05, 0) is 31.0 Å². The van der Waals surface area contributed by atoms with Crippen LogP contribution in [0.2, 0.25) is 0 Å². The molecule has 0 fully saturated rings. The summed E-state index contributed by atoms with van der Waals surface area (Å²) in [6, 6.07) is 7.11. The molecule has 3 heterocycles. The standard InChI is InChI=1S/C23H31N3O4/c1-17(2)7-11-25-12-8-19-22(23(28)29-3)20(16-21(27)26(19)14-13-25)30-15-9-18-6-4-5-10-24-18/h4-6,10,16-17H,7-9,11-15H2,1-3H3. The van der Waals surface area contributed by atoms with E-state index in [1.54, 1.807) is 10.8 Å². The van der Waals surface area contributed by atoms with Crippen molar-refractivity contribution in [2.75, 3.05) is 33.4 Å². The molecule has 7 nitrogen and oxygen atoms in total. The summed E-state index contributed by atoms with van der Waals surface area (Å²) in [4.78, 5) is 32.1. The first-order valence-electron chi connectivity index (χ1n) is 10.6. The van der Waals surface area contributed by atoms with E-state index in [0.717, 1.165) is 31.7 Å². The molecule has 0 N–H and O–H groups in total. The van der Waals surface area contributed by atoms with E-state index in [4.69, 9.17) is 9.47 Å². The molecule has 0 amide bonds. The Balaban J connectivity index is 1.82. The molecule has 0 bridgehead atoms. The first-order chi connectivity index (χ1) is 14.5. The monoisotopic (exact) mass is 413 g/mol. The highest BCUT2D eigenvalue weighted by molar-refractivity contribution is 5.93. The third-order valence-electron chi connectivity index (χ3n) is 5.44. The van der Waals surface area contributed by atoms with E-state index < -0.39 is 5.97 Å². The average Bonchev–Trinajstić information content (AvgIpc) is 2.96. The molecule has 0 aromatic carbocycles. The number of carbonyl (C=O) groups is 1. The Labute approximate surface area is 177 Å². The number of pyridine rings is 2. The summed E-state index contributed by atoms with van der Waals surface area (Å²) in [7, 11) is 1.35. The molecule has 0 aliphatic carbocycles. The quantitative estimate of drug-likeness (QED) is 0.620. The van der Waals surface area contributed by atoms with Crippen molar-refractivity contribution in [2.24, 2.45) is 5.92 Å². The van der Waals surface area contributed by atoms with Crippen LogP contribution in [0.25, 0.3) is 0 Å². The first-order valence-corrected chi connectivity index (χ1v) is 10.6. The van der Waals surface area contributed by atoms with Crippen LogP contribution in [-0.4, -0.2) is 53.8 Å². The van der Waals surface area contributed by atoms with Gasteiger partial charge in [0.15, 0.2) is 0 Å². The lowest BCUT2D eigenvalue weighted by atomic mass is 10.1. The van der Waals surface area contributed by atoms with Crippen LogP contribution in [0.4, 0.5) is 0 Å². The van der Waals surface area contributed by atoms with Gasteiger partial charge >= 0.3 is 5.97 Å². The maximum Gasteiger partial charge on any atom is 0.343 e. The van der Waals surface area contributed by atoms with Crippen molar-refractivity contribution in [1.82, 2.24) is 14.5 Å². The fourth-order valence-corrected chi connectivity index (χ4v) is 3.71. The molecule has 7 heteroatoms. The zero-order valence-corrected chi connectivity index (χ0v) is 18.1. The van der Waals surface area contributed by atoms with Crippen LogP contribution in [0.3, 0.4) is 0 Å². The minimum atomic E-state index is -0.470. The van der Waals surface area contributed by atoms with E-state index in [0.29, 0.717) is 48.9 Å². The number of rotatable bonds is 8. The van der Waals surface area contributed by atoms with E-state index in [1.165, 1.54) is 13.2 Å². The van der Waals surface area contributed by atoms with Crippen molar-refractivity contribution in [1.29, 1.82) is 0 Å². The highest BCUT2D eigenvalue weighted by atomic mass is 16.5. The minimum Gasteiger partial charge on any atom is -0.492 e. The van der Waals surface area contributed by atoms with E-state index in [-0.39, 0.29) is 5.56 Å². The Morgan fingerprint density at radius 1 is 1.23 bits per heavy atom. The zero-order chi connectivity index (χ0) is 21.5. The number of aromatic nitrogens is 2. The van der Waals surface area contributed by atoms with Crippen LogP contribution in [0, 0.1) is 5.92 Å². The van der Waals surface area contributed by atoms with Crippen molar-refractivity contribution >= 4 is 5.97 Å². The molecular formula is C23H31N3O4. The first kappa shape index (κ1) is 22.0. The summed E-state index contributed by atoms with van der Waals surface area (Å²) >= 11 is 0. The summed E-state index contributed by atoms with van der Waals surface area (Å²) in [6.07, 6.45) is 4.03. The molecule has 2 aromatic heterocycles. The number of hydrogen-bond donors (Lipinski definition) is 0. The number of fused-ring (bicyclic) bond motifs is 1. The Kier molecular flexibility index (Phi) is 7.63. The topological polar surface area (TPSA) is 73.7 Å². The third kappa shape index (κ3) is 5.48. The fraction of sp³-hybridized carbons (Fsp3) is 0.522. The molecule has 2 aromatic rings. The van der Waals surface area contributed by atoms with Gasteiger partial charge in [-0.2, -0.15) is 0 Å². The lowest BCUT2D eigenvalue weighted by molar-refractivity contribution is 0.0593. The normalized spacial score (nSPS) is 14.3. The van der Waals surface area contributed by atoms with Crippen LogP contribution < -0.4 is 10.3 Å². The van der Waals surface area contributed by atoms with Gasteiger partial charge in [-0.15, -0.1) is 0 Å². The van der Waals surface area contributed by atoms with Crippen molar-refractivity contribution in [3.05, 3.63) is 57.8 Å². The van der Waals surface area contributed by atoms with Crippen LogP contribution in [0.15, 0.2) is 35.3 Å². The van der Waals surface area contributed by atoms with Crippen LogP contribution in [0.5, 0.6) is 5.75 Å². The Morgan fingerprint density at radius 2 is 2.07 bits per heavy atom. The number of hydrogen-bond acceptors (Lipinski definition) is 6. The molecule has 0 radical (unpaired) electrons. The molecule has 1 aliphatic rings. The lowest BCUT2D eigenvalue weighted by Gasteiger charge is -2.20. The number of carbonyl (C=O) groups excluding carboxylic acids is 1. The number of methoxy groups -OCH3 is 1. The summed E-state index contributed by atoms with van der Waals surface area (Å²) in [5.41, 5.74) is 1.82. The summed E-state index contributed by atoms with van der Waals surface area (Å²) in [5.74, 6) is 0.454. The second-order valence-electron chi connectivity index (χ2n) is 8.01. The Hall–Kier alpha value is -2.67. The van der Waals surface area contributed by atoms with Gasteiger partial charge in [-0.1, -0.05) is 19.9 Å². The van der Waals surface area contributed by atoms with Gasteiger partial charge < -0.3 is 18.9 Å². The average molecular weight is 414 g/mol. The Bertz CT molecular complexity index is 909. The van der Waals surface area contributed by atoms with Gasteiger partial charge in [-0.25, -0.2) is 4.79 Å². The molecule has 30 heavy (non-hydrogen) atoms. The predicted octanol–water partition coefficient (Wildman–Crippen LogP) is 2.56. The largest absolute Gasteiger partial charge is 0.492 e. The molecule has 162 valence electrons. The molecule has 0 atom stereocenters. The maximum atomic E-state index is 12.8. The van der Waals surface area contributed by atoms with Gasteiger partial charge in [0.25, 0.3) is 5.56 Å². The maximum absolute atomic E-state index is 12.8. The van der Waals surface area contributed by atoms with Crippen molar-refractivity contribution in [3.63, 3.8) is 0 Å². The van der Waals surface area contributed by atoms with Gasteiger partial charge in [-0.3, -0.25) is 9.78 Å². The smallest absolute Gasteiger partial charge is 0.343 e. The van der Waals surface area contributed by atoms with Gasteiger partial charge in [0, 0.05) is 56.1 Å². The highest BCUT2D eigenvalue weighted by Crippen LogP contribution is 2.24.